The number of carboxylic acids is 2. The van der Waals surface area contributed by atoms with Crippen molar-refractivity contribution in [3.05, 3.63) is 35.7 Å². The average Bonchev–Trinajstić information content (AvgIpc) is 2.93. The summed E-state index contributed by atoms with van der Waals surface area (Å²) in [5, 5.41) is 17.8. The van der Waals surface area contributed by atoms with Crippen molar-refractivity contribution in [1.29, 1.82) is 0 Å². The van der Waals surface area contributed by atoms with E-state index in [1.54, 1.807) is 22.7 Å². The van der Waals surface area contributed by atoms with Crippen molar-refractivity contribution < 1.29 is 19.8 Å². The second kappa shape index (κ2) is 4.62. The molecule has 0 amide bonds. The van der Waals surface area contributed by atoms with Crippen molar-refractivity contribution in [2.45, 2.75) is 12.8 Å². The Kier molecular flexibility index (Phi) is 2.90. The van der Waals surface area contributed by atoms with Crippen LogP contribution in [0.3, 0.4) is 0 Å². The fourth-order valence-electron chi connectivity index (χ4n) is 2.41. The van der Waals surface area contributed by atoms with Crippen LogP contribution in [0.2, 0.25) is 0 Å². The number of carboxylic acid groups (broad SMARTS) is 2. The van der Waals surface area contributed by atoms with Gasteiger partial charge in [0.15, 0.2) is 0 Å². The van der Waals surface area contributed by atoms with E-state index in [9.17, 15) is 9.59 Å². The van der Waals surface area contributed by atoms with Crippen LogP contribution in [0.5, 0.6) is 0 Å². The molecular weight excluding hydrogens is 274 g/mol. The van der Waals surface area contributed by atoms with Crippen molar-refractivity contribution in [2.24, 2.45) is 7.05 Å². The molecule has 0 saturated heterocycles. The number of carbonyl (C=O) groups is 2. The molecule has 0 spiro atoms. The Balaban J connectivity index is 2.15. The van der Waals surface area contributed by atoms with Crippen molar-refractivity contribution in [3.63, 3.8) is 0 Å². The summed E-state index contributed by atoms with van der Waals surface area (Å²) in [5.74, 6) is -1.19. The highest BCUT2D eigenvalue weighted by atomic mass is 16.4. The van der Waals surface area contributed by atoms with Crippen LogP contribution in [0, 0.1) is 0 Å². The van der Waals surface area contributed by atoms with E-state index < -0.39 is 11.9 Å². The fourth-order valence-corrected chi connectivity index (χ4v) is 2.41. The van der Waals surface area contributed by atoms with Crippen molar-refractivity contribution in [3.8, 4) is 0 Å². The van der Waals surface area contributed by atoms with E-state index in [0.29, 0.717) is 23.2 Å². The normalized spacial score (nSPS) is 11.3. The second-order valence-corrected chi connectivity index (χ2v) is 4.86. The van der Waals surface area contributed by atoms with E-state index in [2.05, 4.69) is 4.98 Å². The summed E-state index contributed by atoms with van der Waals surface area (Å²) in [7, 11) is 1.82. The number of fused-ring (bicyclic) bond motifs is 3. The number of aliphatic carboxylic acids is 1. The van der Waals surface area contributed by atoms with Crippen molar-refractivity contribution >= 4 is 28.7 Å². The number of aryl methyl sites for hydroxylation is 2. The standard InChI is InChI=1S/C14H13N3O4/c1-16-9(3-5-12(18)19)7-17-11-6-8(13(20)21)2-4-10(11)15-14(16)17/h2,4,6-7H,3,5H2,1H3,(H,18,19)(H,20,21). The number of hydrogen-bond donors (Lipinski definition) is 2. The monoisotopic (exact) mass is 287 g/mol. The number of aromatic carboxylic acids is 1. The van der Waals surface area contributed by atoms with E-state index in [4.69, 9.17) is 10.2 Å². The molecule has 108 valence electrons. The quantitative estimate of drug-likeness (QED) is 0.758. The van der Waals surface area contributed by atoms with Gasteiger partial charge in [0.05, 0.1) is 23.0 Å². The zero-order chi connectivity index (χ0) is 15.1. The van der Waals surface area contributed by atoms with Crippen LogP contribution in [0.1, 0.15) is 22.5 Å². The molecule has 0 aliphatic carbocycles. The molecule has 2 N–H and O–H groups in total. The van der Waals surface area contributed by atoms with Gasteiger partial charge in [-0.15, -0.1) is 0 Å². The molecule has 7 heteroatoms. The lowest BCUT2D eigenvalue weighted by Gasteiger charge is -1.99. The van der Waals surface area contributed by atoms with Gasteiger partial charge in [-0.05, 0) is 24.6 Å². The van der Waals surface area contributed by atoms with Crippen molar-refractivity contribution in [2.75, 3.05) is 0 Å². The predicted molar refractivity (Wildman–Crippen MR) is 74.6 cm³/mol. The molecule has 0 bridgehead atoms. The lowest BCUT2D eigenvalue weighted by Crippen LogP contribution is -2.02. The number of nitrogens with zero attached hydrogens (tertiary/aromatic N) is 3. The van der Waals surface area contributed by atoms with Gasteiger partial charge in [0.1, 0.15) is 0 Å². The Hall–Kier alpha value is -2.83. The van der Waals surface area contributed by atoms with E-state index in [1.807, 2.05) is 11.6 Å². The van der Waals surface area contributed by atoms with Gasteiger partial charge in [-0.25, -0.2) is 9.78 Å². The van der Waals surface area contributed by atoms with Crippen LogP contribution in [0.15, 0.2) is 24.4 Å². The summed E-state index contributed by atoms with van der Waals surface area (Å²) in [6.45, 7) is 0. The molecule has 7 nitrogen and oxygen atoms in total. The molecule has 0 fully saturated rings. The first-order valence-corrected chi connectivity index (χ1v) is 6.39. The number of rotatable bonds is 4. The number of imidazole rings is 2. The summed E-state index contributed by atoms with van der Waals surface area (Å²) in [4.78, 5) is 26.2. The SMILES string of the molecule is Cn1c(CCC(=O)O)cn2c3cc(C(=O)O)ccc3nc12. The topological polar surface area (TPSA) is 96.8 Å². The Morgan fingerprint density at radius 3 is 2.71 bits per heavy atom. The summed E-state index contributed by atoms with van der Waals surface area (Å²) >= 11 is 0. The number of aromatic nitrogens is 3. The molecule has 0 aliphatic heterocycles. The zero-order valence-corrected chi connectivity index (χ0v) is 11.3. The molecule has 2 heterocycles. The first-order valence-electron chi connectivity index (χ1n) is 6.39. The highest BCUT2D eigenvalue weighted by molar-refractivity contribution is 5.93. The molecule has 21 heavy (non-hydrogen) atoms. The van der Waals surface area contributed by atoms with E-state index >= 15 is 0 Å². The minimum Gasteiger partial charge on any atom is -0.481 e. The Labute approximate surface area is 119 Å². The van der Waals surface area contributed by atoms with E-state index in [1.165, 1.54) is 6.07 Å². The van der Waals surface area contributed by atoms with Crippen LogP contribution < -0.4 is 0 Å². The van der Waals surface area contributed by atoms with Gasteiger partial charge >= 0.3 is 11.9 Å². The van der Waals surface area contributed by atoms with E-state index in [0.717, 1.165) is 5.69 Å². The maximum atomic E-state index is 11.1. The average molecular weight is 287 g/mol. The second-order valence-electron chi connectivity index (χ2n) is 4.86. The van der Waals surface area contributed by atoms with Crippen LogP contribution in [-0.4, -0.2) is 36.1 Å². The maximum Gasteiger partial charge on any atom is 0.335 e. The van der Waals surface area contributed by atoms with Crippen LogP contribution in [-0.2, 0) is 18.3 Å². The molecule has 3 rings (SSSR count). The first kappa shape index (κ1) is 13.2. The van der Waals surface area contributed by atoms with Gasteiger partial charge in [0, 0.05) is 18.9 Å². The van der Waals surface area contributed by atoms with Crippen LogP contribution >= 0.6 is 0 Å². The molecular formula is C14H13N3O4. The number of benzene rings is 1. The molecule has 2 aromatic heterocycles. The predicted octanol–water partition coefficient (Wildman–Crippen LogP) is 1.54. The Morgan fingerprint density at radius 1 is 1.29 bits per heavy atom. The molecule has 0 radical (unpaired) electrons. The molecule has 0 unspecified atom stereocenters. The Morgan fingerprint density at radius 2 is 2.05 bits per heavy atom. The Bertz CT molecular complexity index is 875. The van der Waals surface area contributed by atoms with E-state index in [-0.39, 0.29) is 12.0 Å². The summed E-state index contributed by atoms with van der Waals surface area (Å²) in [6.07, 6.45) is 2.24. The maximum absolute atomic E-state index is 11.1. The summed E-state index contributed by atoms with van der Waals surface area (Å²) in [5.41, 5.74) is 2.43. The minimum absolute atomic E-state index is 0.0410. The fraction of sp³-hybridized carbons (Fsp3) is 0.214. The van der Waals surface area contributed by atoms with Crippen molar-refractivity contribution in [1.82, 2.24) is 14.0 Å². The highest BCUT2D eigenvalue weighted by Crippen LogP contribution is 2.21. The summed E-state index contributed by atoms with van der Waals surface area (Å²) in [6, 6.07) is 4.75. The van der Waals surface area contributed by atoms with Gasteiger partial charge in [0.25, 0.3) is 0 Å². The largest absolute Gasteiger partial charge is 0.481 e. The van der Waals surface area contributed by atoms with Gasteiger partial charge in [-0.1, -0.05) is 0 Å². The number of hydrogen-bond acceptors (Lipinski definition) is 3. The molecule has 3 aromatic rings. The minimum atomic E-state index is -0.992. The highest BCUT2D eigenvalue weighted by Gasteiger charge is 2.14. The summed E-state index contributed by atoms with van der Waals surface area (Å²) < 4.78 is 3.61. The molecule has 1 aromatic carbocycles. The van der Waals surface area contributed by atoms with Gasteiger partial charge in [-0.2, -0.15) is 0 Å². The molecule has 0 atom stereocenters. The van der Waals surface area contributed by atoms with Crippen LogP contribution in [0.4, 0.5) is 0 Å². The zero-order valence-electron chi connectivity index (χ0n) is 11.3. The third-order valence-corrected chi connectivity index (χ3v) is 3.52. The van der Waals surface area contributed by atoms with Gasteiger partial charge < -0.3 is 14.8 Å². The van der Waals surface area contributed by atoms with Crippen LogP contribution in [0.25, 0.3) is 16.8 Å². The van der Waals surface area contributed by atoms with Gasteiger partial charge in [-0.3, -0.25) is 9.20 Å². The third kappa shape index (κ3) is 2.12. The van der Waals surface area contributed by atoms with Gasteiger partial charge in [0.2, 0.25) is 5.78 Å². The third-order valence-electron chi connectivity index (χ3n) is 3.52. The molecule has 0 aliphatic rings. The lowest BCUT2D eigenvalue weighted by atomic mass is 10.2. The molecule has 0 saturated carbocycles. The smallest absolute Gasteiger partial charge is 0.335 e. The lowest BCUT2D eigenvalue weighted by molar-refractivity contribution is -0.136. The first-order chi connectivity index (χ1) is 9.97.